The number of hydrogen-bond acceptors (Lipinski definition) is 5. The number of nitrogens with one attached hydrogen (secondary N) is 1. The zero-order valence-corrected chi connectivity index (χ0v) is 18.1. The van der Waals surface area contributed by atoms with Gasteiger partial charge in [0, 0.05) is 38.9 Å². The standard InChI is InChI=1S/C16H27N7O.HI/c1-7-17-16(18-8-14-19-12(4)21-24-14)22(5)9-13-10-23(6)20-15(13)11(2)3;/h10-11H,7-9H2,1-6H3,(H,17,18);1H. The number of halogens is 1. The molecule has 0 unspecified atom stereocenters. The van der Waals surface area contributed by atoms with E-state index in [-0.39, 0.29) is 24.0 Å². The number of hydrogen-bond donors (Lipinski definition) is 1. The van der Waals surface area contributed by atoms with Gasteiger partial charge in [-0.1, -0.05) is 19.0 Å². The van der Waals surface area contributed by atoms with Crippen molar-refractivity contribution < 1.29 is 4.52 Å². The van der Waals surface area contributed by atoms with Crippen LogP contribution >= 0.6 is 24.0 Å². The fourth-order valence-electron chi connectivity index (χ4n) is 2.51. The molecule has 0 fully saturated rings. The van der Waals surface area contributed by atoms with E-state index in [0.717, 1.165) is 24.7 Å². The Kier molecular flexibility index (Phi) is 8.33. The Morgan fingerprint density at radius 1 is 1.44 bits per heavy atom. The predicted molar refractivity (Wildman–Crippen MR) is 108 cm³/mol. The van der Waals surface area contributed by atoms with E-state index in [1.54, 1.807) is 6.92 Å². The number of aryl methyl sites for hydroxylation is 2. The first-order valence-corrected chi connectivity index (χ1v) is 8.21. The topological polar surface area (TPSA) is 84.4 Å². The second-order valence-electron chi connectivity index (χ2n) is 6.13. The molecule has 2 heterocycles. The summed E-state index contributed by atoms with van der Waals surface area (Å²) in [6, 6.07) is 0. The molecule has 2 rings (SSSR count). The van der Waals surface area contributed by atoms with Crippen LogP contribution < -0.4 is 5.32 Å². The van der Waals surface area contributed by atoms with E-state index < -0.39 is 0 Å². The highest BCUT2D eigenvalue weighted by Gasteiger charge is 2.15. The van der Waals surface area contributed by atoms with E-state index in [9.17, 15) is 0 Å². The summed E-state index contributed by atoms with van der Waals surface area (Å²) in [6.45, 7) is 10.0. The van der Waals surface area contributed by atoms with E-state index in [2.05, 4.69) is 50.5 Å². The molecule has 0 saturated heterocycles. The fourth-order valence-corrected chi connectivity index (χ4v) is 2.51. The van der Waals surface area contributed by atoms with Gasteiger partial charge in [0.2, 0.25) is 5.89 Å². The molecule has 9 heteroatoms. The summed E-state index contributed by atoms with van der Waals surface area (Å²) in [5, 5.41) is 11.6. The Morgan fingerprint density at radius 2 is 2.16 bits per heavy atom. The summed E-state index contributed by atoms with van der Waals surface area (Å²) < 4.78 is 6.98. The van der Waals surface area contributed by atoms with Crippen molar-refractivity contribution >= 4 is 29.9 Å². The quantitative estimate of drug-likeness (QED) is 0.404. The third-order valence-electron chi connectivity index (χ3n) is 3.52. The normalized spacial score (nSPS) is 11.6. The van der Waals surface area contributed by atoms with Crippen LogP contribution in [0.4, 0.5) is 0 Å². The molecule has 0 atom stereocenters. The second kappa shape index (κ2) is 9.73. The van der Waals surface area contributed by atoms with Crippen LogP contribution in [0.2, 0.25) is 0 Å². The van der Waals surface area contributed by atoms with Crippen molar-refractivity contribution in [1.82, 2.24) is 30.1 Å². The summed E-state index contributed by atoms with van der Waals surface area (Å²) in [5.41, 5.74) is 2.32. The second-order valence-corrected chi connectivity index (χ2v) is 6.13. The van der Waals surface area contributed by atoms with Crippen molar-refractivity contribution in [3.63, 3.8) is 0 Å². The molecule has 0 spiro atoms. The molecule has 0 amide bonds. The number of guanidine groups is 1. The molecule has 1 N–H and O–H groups in total. The molecule has 0 radical (unpaired) electrons. The lowest BCUT2D eigenvalue weighted by Gasteiger charge is -2.22. The molecule has 0 aliphatic carbocycles. The number of aromatic nitrogens is 4. The Bertz CT molecular complexity index is 692. The van der Waals surface area contributed by atoms with Gasteiger partial charge in [-0.25, -0.2) is 4.99 Å². The van der Waals surface area contributed by atoms with Crippen molar-refractivity contribution in [3.05, 3.63) is 29.2 Å². The van der Waals surface area contributed by atoms with E-state index in [1.807, 2.05) is 25.7 Å². The Balaban J connectivity index is 0.00000312. The molecule has 0 aromatic carbocycles. The van der Waals surface area contributed by atoms with Crippen molar-refractivity contribution in [3.8, 4) is 0 Å². The highest BCUT2D eigenvalue weighted by molar-refractivity contribution is 14.0. The van der Waals surface area contributed by atoms with Crippen LogP contribution in [-0.4, -0.2) is 44.4 Å². The van der Waals surface area contributed by atoms with Crippen LogP contribution in [0, 0.1) is 6.92 Å². The molecule has 8 nitrogen and oxygen atoms in total. The first-order valence-electron chi connectivity index (χ1n) is 8.21. The minimum absolute atomic E-state index is 0. The lowest BCUT2D eigenvalue weighted by molar-refractivity contribution is 0.375. The number of nitrogens with zero attached hydrogens (tertiary/aromatic N) is 6. The van der Waals surface area contributed by atoms with Crippen LogP contribution in [0.15, 0.2) is 15.7 Å². The maximum atomic E-state index is 5.12. The molecule has 2 aromatic heterocycles. The number of rotatable bonds is 6. The summed E-state index contributed by atoms with van der Waals surface area (Å²) >= 11 is 0. The van der Waals surface area contributed by atoms with Gasteiger partial charge in [0.15, 0.2) is 11.8 Å². The van der Waals surface area contributed by atoms with Crippen molar-refractivity contribution in [2.75, 3.05) is 13.6 Å². The minimum Gasteiger partial charge on any atom is -0.357 e. The van der Waals surface area contributed by atoms with Gasteiger partial charge in [-0.2, -0.15) is 10.1 Å². The highest BCUT2D eigenvalue weighted by Crippen LogP contribution is 2.18. The van der Waals surface area contributed by atoms with Crippen LogP contribution in [0.3, 0.4) is 0 Å². The zero-order chi connectivity index (χ0) is 17.7. The lowest BCUT2D eigenvalue weighted by Crippen LogP contribution is -2.38. The molecule has 0 aliphatic heterocycles. The first-order chi connectivity index (χ1) is 11.4. The predicted octanol–water partition coefficient (Wildman–Crippen LogP) is 2.45. The Hall–Kier alpha value is -1.65. The fraction of sp³-hybridized carbons (Fsp3) is 0.625. The van der Waals surface area contributed by atoms with Gasteiger partial charge >= 0.3 is 0 Å². The first kappa shape index (κ1) is 21.4. The lowest BCUT2D eigenvalue weighted by atomic mass is 10.1. The average Bonchev–Trinajstić information content (AvgIpc) is 3.09. The summed E-state index contributed by atoms with van der Waals surface area (Å²) in [7, 11) is 3.96. The third-order valence-corrected chi connectivity index (χ3v) is 3.52. The SMILES string of the molecule is CCNC(=NCc1nc(C)no1)N(C)Cc1cn(C)nc1C(C)C.I. The van der Waals surface area contributed by atoms with Gasteiger partial charge in [0.1, 0.15) is 6.54 Å². The van der Waals surface area contributed by atoms with Crippen LogP contribution in [-0.2, 0) is 20.1 Å². The monoisotopic (exact) mass is 461 g/mol. The third kappa shape index (κ3) is 5.98. The molecule has 2 aromatic rings. The smallest absolute Gasteiger partial charge is 0.248 e. The molecule has 140 valence electrons. The average molecular weight is 461 g/mol. The highest BCUT2D eigenvalue weighted by atomic mass is 127. The van der Waals surface area contributed by atoms with Gasteiger partial charge in [0.25, 0.3) is 0 Å². The van der Waals surface area contributed by atoms with Gasteiger partial charge < -0.3 is 14.7 Å². The summed E-state index contributed by atoms with van der Waals surface area (Å²) in [6.07, 6.45) is 2.07. The van der Waals surface area contributed by atoms with E-state index in [0.29, 0.717) is 24.2 Å². The Labute approximate surface area is 166 Å². The minimum atomic E-state index is 0. The molecular formula is C16H28IN7O. The van der Waals surface area contributed by atoms with E-state index in [1.165, 1.54) is 5.56 Å². The molecule has 25 heavy (non-hydrogen) atoms. The van der Waals surface area contributed by atoms with Crippen LogP contribution in [0.1, 0.15) is 49.7 Å². The van der Waals surface area contributed by atoms with Crippen LogP contribution in [0.5, 0.6) is 0 Å². The van der Waals surface area contributed by atoms with Crippen molar-refractivity contribution in [2.45, 2.75) is 46.7 Å². The Morgan fingerprint density at radius 3 is 2.72 bits per heavy atom. The maximum Gasteiger partial charge on any atom is 0.248 e. The molecule has 0 saturated carbocycles. The van der Waals surface area contributed by atoms with Crippen molar-refractivity contribution in [2.24, 2.45) is 12.0 Å². The zero-order valence-electron chi connectivity index (χ0n) is 15.8. The van der Waals surface area contributed by atoms with E-state index in [4.69, 9.17) is 4.52 Å². The number of aliphatic imine (C=N–C) groups is 1. The van der Waals surface area contributed by atoms with Gasteiger partial charge in [-0.05, 0) is 19.8 Å². The van der Waals surface area contributed by atoms with Gasteiger partial charge in [0.05, 0.1) is 5.69 Å². The van der Waals surface area contributed by atoms with E-state index >= 15 is 0 Å². The van der Waals surface area contributed by atoms with Crippen molar-refractivity contribution in [1.29, 1.82) is 0 Å². The molecule has 0 bridgehead atoms. The molecular weight excluding hydrogens is 433 g/mol. The summed E-state index contributed by atoms with van der Waals surface area (Å²) in [5.74, 6) is 2.32. The largest absolute Gasteiger partial charge is 0.357 e. The van der Waals surface area contributed by atoms with Crippen LogP contribution in [0.25, 0.3) is 0 Å². The van der Waals surface area contributed by atoms with Gasteiger partial charge in [-0.15, -0.1) is 24.0 Å². The summed E-state index contributed by atoms with van der Waals surface area (Å²) in [4.78, 5) is 10.8. The van der Waals surface area contributed by atoms with Gasteiger partial charge in [-0.3, -0.25) is 4.68 Å². The molecule has 0 aliphatic rings. The maximum absolute atomic E-state index is 5.12.